The third kappa shape index (κ3) is 8.37. The minimum absolute atomic E-state index is 0.101. The summed E-state index contributed by atoms with van der Waals surface area (Å²) in [7, 11) is 1.38. The summed E-state index contributed by atoms with van der Waals surface area (Å²) in [5.41, 5.74) is 3.53. The number of oxime groups is 1. The van der Waals surface area contributed by atoms with Gasteiger partial charge in [-0.05, 0) is 85.9 Å². The van der Waals surface area contributed by atoms with E-state index in [9.17, 15) is 15.0 Å². The minimum atomic E-state index is -1.40. The second kappa shape index (κ2) is 18.3. The molecule has 2 aliphatic carbocycles. The molecule has 13 heteroatoms. The van der Waals surface area contributed by atoms with Crippen LogP contribution in [0.25, 0.3) is 0 Å². The van der Waals surface area contributed by atoms with E-state index in [1.54, 1.807) is 11.0 Å². The lowest BCUT2D eigenvalue weighted by Crippen LogP contribution is -2.70. The van der Waals surface area contributed by atoms with E-state index in [2.05, 4.69) is 23.6 Å². The van der Waals surface area contributed by atoms with Crippen molar-refractivity contribution in [3.8, 4) is 23.0 Å². The van der Waals surface area contributed by atoms with Gasteiger partial charge in [-0.1, -0.05) is 36.2 Å². The molecule has 6 atom stereocenters. The highest BCUT2D eigenvalue weighted by Gasteiger charge is 2.65. The average molecular weight is 776 g/mol. The number of fused-ring (bicyclic) bond motifs is 3. The Labute approximate surface area is 329 Å². The molecular weight excluding hydrogens is 718 g/mol. The van der Waals surface area contributed by atoms with Gasteiger partial charge >= 0.3 is 6.09 Å². The molecule has 3 aliphatic heterocycles. The van der Waals surface area contributed by atoms with E-state index < -0.39 is 23.8 Å². The molecule has 13 nitrogen and oxygen atoms in total. The molecule has 0 aromatic heterocycles. The van der Waals surface area contributed by atoms with Crippen molar-refractivity contribution < 1.29 is 48.3 Å². The monoisotopic (exact) mass is 775 g/mol. The smallest absolute Gasteiger partial charge is 0.410 e. The van der Waals surface area contributed by atoms with Crippen molar-refractivity contribution in [2.24, 2.45) is 22.9 Å². The standard InChI is InChI=1S/C43H57N3O10/c1-4-21-54-43-39(46(42(49)50-3)27-29-12-14-37-38(23-29)53-28-52-37)26-35(44-55-5-2)33-24-30(10-6-8-19-47)32(11-7-9-20-48)40(41(33)43)34-25-31(13-15-36(34)56-43)51-22-18-45-16-17-45/h4,12-15,23-25,30,32,39-41,47-48H,1,5-11,16-22,26-28H2,2-3H3. The maximum atomic E-state index is 14.2. The van der Waals surface area contributed by atoms with Crippen molar-refractivity contribution in [2.45, 2.75) is 76.2 Å². The van der Waals surface area contributed by atoms with Crippen molar-refractivity contribution in [3.05, 3.63) is 71.8 Å². The van der Waals surface area contributed by atoms with Gasteiger partial charge in [-0.3, -0.25) is 9.80 Å². The van der Waals surface area contributed by atoms with Crippen molar-refractivity contribution in [2.75, 3.05) is 66.6 Å². The Balaban J connectivity index is 1.40. The van der Waals surface area contributed by atoms with Gasteiger partial charge in [0.15, 0.2) is 11.5 Å². The molecule has 2 aromatic carbocycles. The Kier molecular flexibility index (Phi) is 13.1. The fraction of sp³-hybridized carbons (Fsp3) is 0.581. The molecule has 3 heterocycles. The first-order chi connectivity index (χ1) is 27.4. The molecule has 5 aliphatic rings. The first kappa shape index (κ1) is 39.9. The molecule has 1 saturated carbocycles. The number of hydrogen-bond acceptors (Lipinski definition) is 12. The van der Waals surface area contributed by atoms with E-state index in [1.807, 2.05) is 37.3 Å². The van der Waals surface area contributed by atoms with Crippen LogP contribution < -0.4 is 18.9 Å². The number of benzene rings is 2. The highest BCUT2D eigenvalue weighted by Crippen LogP contribution is 2.62. The number of rotatable bonds is 20. The van der Waals surface area contributed by atoms with E-state index >= 15 is 0 Å². The number of nitrogens with zero attached hydrogens (tertiary/aromatic N) is 3. The molecule has 6 unspecified atom stereocenters. The Morgan fingerprint density at radius 3 is 2.59 bits per heavy atom. The van der Waals surface area contributed by atoms with Gasteiger partial charge in [0.1, 0.15) is 30.8 Å². The number of methoxy groups -OCH3 is 1. The summed E-state index contributed by atoms with van der Waals surface area (Å²) in [5, 5.41) is 24.5. The summed E-state index contributed by atoms with van der Waals surface area (Å²) in [6, 6.07) is 11.0. The molecule has 304 valence electrons. The third-order valence-corrected chi connectivity index (χ3v) is 11.7. The number of unbranched alkanes of at least 4 members (excludes halogenated alkanes) is 2. The summed E-state index contributed by atoms with van der Waals surface area (Å²) in [4.78, 5) is 24.0. The second-order valence-electron chi connectivity index (χ2n) is 15.2. The van der Waals surface area contributed by atoms with Crippen LogP contribution in [0.15, 0.2) is 65.9 Å². The third-order valence-electron chi connectivity index (χ3n) is 11.7. The van der Waals surface area contributed by atoms with Crippen LogP contribution >= 0.6 is 0 Å². The number of carbonyl (C=O) groups excluding carboxylic acids is 1. The Morgan fingerprint density at radius 1 is 1.05 bits per heavy atom. The maximum Gasteiger partial charge on any atom is 0.410 e. The molecule has 2 fully saturated rings. The largest absolute Gasteiger partial charge is 0.492 e. The van der Waals surface area contributed by atoms with Crippen LogP contribution in [0.2, 0.25) is 0 Å². The van der Waals surface area contributed by atoms with Crippen molar-refractivity contribution in [1.29, 1.82) is 0 Å². The van der Waals surface area contributed by atoms with Crippen LogP contribution in [0.3, 0.4) is 0 Å². The molecule has 0 spiro atoms. The van der Waals surface area contributed by atoms with Crippen molar-refractivity contribution in [3.63, 3.8) is 0 Å². The van der Waals surface area contributed by atoms with Crippen molar-refractivity contribution >= 4 is 11.8 Å². The highest BCUT2D eigenvalue weighted by molar-refractivity contribution is 6.03. The van der Waals surface area contributed by atoms with Gasteiger partial charge in [0, 0.05) is 57.3 Å². The lowest BCUT2D eigenvalue weighted by atomic mass is 9.55. The zero-order chi connectivity index (χ0) is 39.1. The zero-order valence-corrected chi connectivity index (χ0v) is 32.7. The van der Waals surface area contributed by atoms with Crippen LogP contribution in [0.1, 0.15) is 68.9 Å². The Bertz CT molecular complexity index is 1750. The number of amides is 1. The predicted molar refractivity (Wildman–Crippen MR) is 209 cm³/mol. The maximum absolute atomic E-state index is 14.2. The van der Waals surface area contributed by atoms with E-state index in [0.717, 1.165) is 73.5 Å². The lowest BCUT2D eigenvalue weighted by molar-refractivity contribution is -0.256. The van der Waals surface area contributed by atoms with E-state index in [4.69, 9.17) is 38.4 Å². The topological polar surface area (TPSA) is 141 Å². The Hall–Kier alpha value is -4.30. The van der Waals surface area contributed by atoms with Gasteiger partial charge in [-0.15, -0.1) is 6.58 Å². The Morgan fingerprint density at radius 2 is 1.84 bits per heavy atom. The summed E-state index contributed by atoms with van der Waals surface area (Å²) < 4.78 is 37.5. The SMILES string of the molecule is C=CCOC12Oc3ccc(OCCN4CC4)cc3C3C(CCCCO)C(CCCCO)C=C(C(=NOCC)CC1N(Cc1ccc4c(c1)OCO4)C(=O)OC)C32. The summed E-state index contributed by atoms with van der Waals surface area (Å²) in [6.45, 7) is 10.6. The fourth-order valence-electron chi connectivity index (χ4n) is 9.12. The molecule has 0 bridgehead atoms. The molecule has 1 amide bonds. The summed E-state index contributed by atoms with van der Waals surface area (Å²) in [6.07, 6.45) is 8.53. The van der Waals surface area contributed by atoms with E-state index in [0.29, 0.717) is 43.3 Å². The van der Waals surface area contributed by atoms with E-state index in [1.165, 1.54) is 7.11 Å². The predicted octanol–water partition coefficient (Wildman–Crippen LogP) is 6.03. The molecule has 2 aromatic rings. The van der Waals surface area contributed by atoms with Gasteiger partial charge < -0.3 is 43.5 Å². The fourth-order valence-corrected chi connectivity index (χ4v) is 9.12. The van der Waals surface area contributed by atoms with Gasteiger partial charge in [0.25, 0.3) is 0 Å². The van der Waals surface area contributed by atoms with Crippen molar-refractivity contribution in [1.82, 2.24) is 9.80 Å². The molecule has 56 heavy (non-hydrogen) atoms. The first-order valence-corrected chi connectivity index (χ1v) is 20.2. The van der Waals surface area contributed by atoms with Gasteiger partial charge in [0.05, 0.1) is 25.3 Å². The minimum Gasteiger partial charge on any atom is -0.492 e. The van der Waals surface area contributed by atoms with Gasteiger partial charge in [-0.25, -0.2) is 4.79 Å². The van der Waals surface area contributed by atoms with Gasteiger partial charge in [0.2, 0.25) is 12.6 Å². The van der Waals surface area contributed by atoms with Crippen LogP contribution in [0, 0.1) is 17.8 Å². The normalized spacial score (nSPS) is 26.4. The molecule has 7 rings (SSSR count). The van der Waals surface area contributed by atoms with Crippen LogP contribution in [0.5, 0.6) is 23.0 Å². The van der Waals surface area contributed by atoms with Crippen LogP contribution in [0.4, 0.5) is 4.79 Å². The van der Waals surface area contributed by atoms with E-state index in [-0.39, 0.29) is 57.3 Å². The average Bonchev–Trinajstić information content (AvgIpc) is 3.92. The number of aliphatic hydroxyl groups excluding tert-OH is 2. The lowest BCUT2D eigenvalue weighted by Gasteiger charge is -2.59. The second-order valence-corrected chi connectivity index (χ2v) is 15.2. The first-order valence-electron chi connectivity index (χ1n) is 20.2. The number of allylic oxidation sites excluding steroid dienone is 1. The number of aliphatic hydroxyl groups is 2. The molecule has 0 radical (unpaired) electrons. The molecule has 1 saturated heterocycles. The summed E-state index contributed by atoms with van der Waals surface area (Å²) in [5.74, 6) is 0.927. The number of carbonyl (C=O) groups is 1. The quantitative estimate of drug-likeness (QED) is 0.0705. The van der Waals surface area contributed by atoms with Crippen LogP contribution in [-0.2, 0) is 20.9 Å². The molecular formula is C43H57N3O10. The zero-order valence-electron chi connectivity index (χ0n) is 32.7. The van der Waals surface area contributed by atoms with Crippen LogP contribution in [-0.4, -0.2) is 110 Å². The number of ether oxygens (including phenoxy) is 6. The highest BCUT2D eigenvalue weighted by atomic mass is 16.7. The summed E-state index contributed by atoms with van der Waals surface area (Å²) >= 11 is 0. The van der Waals surface area contributed by atoms with Gasteiger partial charge in [-0.2, -0.15) is 0 Å². The number of hydrogen-bond donors (Lipinski definition) is 2. The molecule has 2 N–H and O–H groups in total.